The van der Waals surface area contributed by atoms with Crippen LogP contribution in [0.2, 0.25) is 0 Å². The number of imidazole rings is 1. The van der Waals surface area contributed by atoms with Crippen molar-refractivity contribution < 1.29 is 18.7 Å². The van der Waals surface area contributed by atoms with Gasteiger partial charge < -0.3 is 29.3 Å². The van der Waals surface area contributed by atoms with Gasteiger partial charge >= 0.3 is 11.8 Å². The molecule has 3 aromatic rings. The number of piperazine rings is 1. The van der Waals surface area contributed by atoms with E-state index in [4.69, 9.17) is 9.15 Å². The largest absolute Gasteiger partial charge is 0.497 e. The lowest BCUT2D eigenvalue weighted by Gasteiger charge is -2.39. The number of nitrogens with one attached hydrogen (secondary N) is 2. The number of furan rings is 1. The lowest BCUT2D eigenvalue weighted by Crippen LogP contribution is -2.50. The summed E-state index contributed by atoms with van der Waals surface area (Å²) in [6.45, 7) is 4.72. The summed E-state index contributed by atoms with van der Waals surface area (Å²) in [6.07, 6.45) is 7.63. The molecule has 186 valence electrons. The quantitative estimate of drug-likeness (QED) is 0.336. The van der Waals surface area contributed by atoms with Gasteiger partial charge in [-0.15, -0.1) is 0 Å². The number of benzene rings is 1. The number of carbonyl (C=O) groups excluding carboxylic acids is 2. The molecule has 2 aromatic heterocycles. The highest BCUT2D eigenvalue weighted by Gasteiger charge is 2.28. The minimum absolute atomic E-state index is 0.152. The van der Waals surface area contributed by atoms with Crippen molar-refractivity contribution >= 4 is 17.5 Å². The van der Waals surface area contributed by atoms with Crippen LogP contribution in [0.1, 0.15) is 18.2 Å². The maximum absolute atomic E-state index is 12.4. The molecule has 0 radical (unpaired) electrons. The summed E-state index contributed by atoms with van der Waals surface area (Å²) in [5.41, 5.74) is 1.15. The summed E-state index contributed by atoms with van der Waals surface area (Å²) >= 11 is 0. The van der Waals surface area contributed by atoms with Gasteiger partial charge in [0.1, 0.15) is 11.5 Å². The number of carbonyl (C=O) groups is 2. The molecular weight excluding hydrogens is 448 g/mol. The highest BCUT2D eigenvalue weighted by molar-refractivity contribution is 6.35. The molecule has 10 heteroatoms. The van der Waals surface area contributed by atoms with Crippen LogP contribution in [0.25, 0.3) is 0 Å². The Kier molecular flexibility index (Phi) is 8.39. The van der Waals surface area contributed by atoms with Crippen molar-refractivity contribution in [2.24, 2.45) is 0 Å². The van der Waals surface area contributed by atoms with E-state index in [9.17, 15) is 9.59 Å². The van der Waals surface area contributed by atoms with Crippen LogP contribution in [0.5, 0.6) is 5.75 Å². The van der Waals surface area contributed by atoms with Gasteiger partial charge in [0.25, 0.3) is 0 Å². The van der Waals surface area contributed by atoms with E-state index in [0.29, 0.717) is 13.0 Å². The van der Waals surface area contributed by atoms with Gasteiger partial charge in [-0.1, -0.05) is 0 Å². The Morgan fingerprint density at radius 1 is 1.09 bits per heavy atom. The van der Waals surface area contributed by atoms with Crippen LogP contribution in [0.3, 0.4) is 0 Å². The van der Waals surface area contributed by atoms with E-state index >= 15 is 0 Å². The molecular formula is C25H32N6O4. The number of methoxy groups -OCH3 is 1. The highest BCUT2D eigenvalue weighted by atomic mass is 16.5. The summed E-state index contributed by atoms with van der Waals surface area (Å²) in [6, 6.07) is 11.6. The second-order valence-corrected chi connectivity index (χ2v) is 8.37. The summed E-state index contributed by atoms with van der Waals surface area (Å²) in [5.74, 6) is 0.339. The number of hydrogen-bond acceptors (Lipinski definition) is 7. The zero-order chi connectivity index (χ0) is 24.5. The van der Waals surface area contributed by atoms with Gasteiger partial charge in [0.05, 0.1) is 25.7 Å². The number of ether oxygens (including phenoxy) is 1. The minimum atomic E-state index is -0.638. The molecule has 0 bridgehead atoms. The Morgan fingerprint density at radius 3 is 2.51 bits per heavy atom. The number of aryl methyl sites for hydroxylation is 1. The van der Waals surface area contributed by atoms with Crippen LogP contribution in [0.15, 0.2) is 65.8 Å². The van der Waals surface area contributed by atoms with Gasteiger partial charge in [-0.2, -0.15) is 0 Å². The average molecular weight is 481 g/mol. The smallest absolute Gasteiger partial charge is 0.309 e. The molecule has 35 heavy (non-hydrogen) atoms. The molecule has 1 aliphatic heterocycles. The molecule has 10 nitrogen and oxygen atoms in total. The van der Waals surface area contributed by atoms with Gasteiger partial charge in [0.15, 0.2) is 0 Å². The molecule has 0 saturated carbocycles. The maximum atomic E-state index is 12.4. The first-order chi connectivity index (χ1) is 17.1. The van der Waals surface area contributed by atoms with Crippen LogP contribution in [0, 0.1) is 0 Å². The predicted octanol–water partition coefficient (Wildman–Crippen LogP) is 1.67. The Labute approximate surface area is 204 Å². The number of anilines is 1. The molecule has 1 aliphatic rings. The Hall–Kier alpha value is -3.79. The second kappa shape index (κ2) is 12.1. The summed E-state index contributed by atoms with van der Waals surface area (Å²) in [4.78, 5) is 33.2. The first kappa shape index (κ1) is 24.3. The van der Waals surface area contributed by atoms with Crippen LogP contribution < -0.4 is 20.3 Å². The Balaban J connectivity index is 1.26. The van der Waals surface area contributed by atoms with E-state index < -0.39 is 11.8 Å². The van der Waals surface area contributed by atoms with Crippen molar-refractivity contribution in [3.05, 3.63) is 67.1 Å². The molecule has 1 saturated heterocycles. The van der Waals surface area contributed by atoms with E-state index in [1.54, 1.807) is 25.9 Å². The normalized spacial score (nSPS) is 14.9. The third kappa shape index (κ3) is 6.63. The van der Waals surface area contributed by atoms with Crippen LogP contribution in [-0.2, 0) is 16.1 Å². The van der Waals surface area contributed by atoms with Crippen molar-refractivity contribution in [3.8, 4) is 5.75 Å². The van der Waals surface area contributed by atoms with Gasteiger partial charge in [-0.3, -0.25) is 14.5 Å². The average Bonchev–Trinajstić information content (AvgIpc) is 3.62. The van der Waals surface area contributed by atoms with Crippen molar-refractivity contribution in [1.82, 2.24) is 25.1 Å². The molecule has 4 rings (SSSR count). The highest BCUT2D eigenvalue weighted by Crippen LogP contribution is 2.25. The SMILES string of the molecule is COc1ccc(N2CCN([C@@H](CNC(=O)C(=O)NCCCn3ccnc3)c3ccco3)CC2)cc1. The van der Waals surface area contributed by atoms with E-state index in [-0.39, 0.29) is 12.6 Å². The van der Waals surface area contributed by atoms with Crippen molar-refractivity contribution in [1.29, 1.82) is 0 Å². The monoisotopic (exact) mass is 480 g/mol. The molecule has 0 unspecified atom stereocenters. The van der Waals surface area contributed by atoms with Gasteiger partial charge in [0.2, 0.25) is 0 Å². The molecule has 1 fully saturated rings. The van der Waals surface area contributed by atoms with Gasteiger partial charge in [-0.05, 0) is 42.8 Å². The van der Waals surface area contributed by atoms with Crippen molar-refractivity contribution in [2.75, 3.05) is 51.3 Å². The zero-order valence-corrected chi connectivity index (χ0v) is 19.9. The number of rotatable bonds is 10. The molecule has 0 spiro atoms. The summed E-state index contributed by atoms with van der Waals surface area (Å²) in [5, 5.41) is 5.46. The third-order valence-electron chi connectivity index (χ3n) is 6.16. The third-order valence-corrected chi connectivity index (χ3v) is 6.16. The molecule has 0 aliphatic carbocycles. The molecule has 1 aromatic carbocycles. The van der Waals surface area contributed by atoms with E-state index in [2.05, 4.69) is 37.6 Å². The molecule has 2 N–H and O–H groups in total. The zero-order valence-electron chi connectivity index (χ0n) is 19.9. The second-order valence-electron chi connectivity index (χ2n) is 8.37. The summed E-state index contributed by atoms with van der Waals surface area (Å²) < 4.78 is 12.8. The fourth-order valence-electron chi connectivity index (χ4n) is 4.21. The van der Waals surface area contributed by atoms with E-state index in [0.717, 1.165) is 49.9 Å². The molecule has 1 atom stereocenters. The Bertz CT molecular complexity index is 1040. The first-order valence-electron chi connectivity index (χ1n) is 11.8. The van der Waals surface area contributed by atoms with Crippen molar-refractivity contribution in [3.63, 3.8) is 0 Å². The standard InChI is InChI=1S/C25H32N6O4/c1-34-21-7-5-20(6-8-21)30-13-15-31(16-14-30)22(23-4-2-17-35-23)18-28-25(33)24(32)27-9-3-11-29-12-10-26-19-29/h2,4-8,10,12,17,19,22H,3,9,11,13-16,18H2,1H3,(H,27,32)(H,28,33)/t22-/m0/s1. The molecule has 3 heterocycles. The molecule has 2 amide bonds. The fourth-order valence-corrected chi connectivity index (χ4v) is 4.21. The van der Waals surface area contributed by atoms with Crippen LogP contribution in [-0.4, -0.2) is 72.6 Å². The maximum Gasteiger partial charge on any atom is 0.309 e. The van der Waals surface area contributed by atoms with Gasteiger partial charge in [0, 0.05) is 63.9 Å². The lowest BCUT2D eigenvalue weighted by atomic mass is 10.1. The number of nitrogens with zero attached hydrogens (tertiary/aromatic N) is 4. The predicted molar refractivity (Wildman–Crippen MR) is 131 cm³/mol. The fraction of sp³-hybridized carbons (Fsp3) is 0.400. The van der Waals surface area contributed by atoms with E-state index in [1.165, 1.54) is 0 Å². The van der Waals surface area contributed by atoms with Crippen LogP contribution >= 0.6 is 0 Å². The van der Waals surface area contributed by atoms with E-state index in [1.807, 2.05) is 35.0 Å². The minimum Gasteiger partial charge on any atom is -0.497 e. The number of hydrogen-bond donors (Lipinski definition) is 2. The van der Waals surface area contributed by atoms with Crippen molar-refractivity contribution in [2.45, 2.75) is 19.0 Å². The van der Waals surface area contributed by atoms with Crippen LogP contribution in [0.4, 0.5) is 5.69 Å². The Morgan fingerprint density at radius 2 is 1.86 bits per heavy atom. The summed E-state index contributed by atoms with van der Waals surface area (Å²) in [7, 11) is 1.66. The number of amides is 2. The lowest BCUT2D eigenvalue weighted by molar-refractivity contribution is -0.139. The number of aromatic nitrogens is 2. The first-order valence-corrected chi connectivity index (χ1v) is 11.8. The van der Waals surface area contributed by atoms with Gasteiger partial charge in [-0.25, -0.2) is 4.98 Å². The topological polar surface area (TPSA) is 105 Å².